The molecular formula is C12H14Cl2N2OS2. The van der Waals surface area contributed by atoms with Gasteiger partial charge in [-0.15, -0.1) is 0 Å². The molecule has 1 amide bonds. The maximum atomic E-state index is 12.0. The molecule has 0 spiro atoms. The van der Waals surface area contributed by atoms with Crippen LogP contribution in [0, 0.1) is 0 Å². The van der Waals surface area contributed by atoms with Crippen LogP contribution in [0.2, 0.25) is 10.0 Å². The molecule has 0 aromatic heterocycles. The topological polar surface area (TPSA) is 32.3 Å². The molecule has 0 radical (unpaired) electrons. The minimum atomic E-state index is -0.304. The summed E-state index contributed by atoms with van der Waals surface area (Å²) in [6, 6.07) is 4.93. The summed E-state index contributed by atoms with van der Waals surface area (Å²) in [5, 5.41) is 3.39. The highest BCUT2D eigenvalue weighted by Gasteiger charge is 2.17. The second-order valence-electron chi connectivity index (χ2n) is 4.03. The third-order valence-electron chi connectivity index (χ3n) is 2.20. The van der Waals surface area contributed by atoms with Crippen molar-refractivity contribution in [3.63, 3.8) is 0 Å². The van der Waals surface area contributed by atoms with Gasteiger partial charge < -0.3 is 10.2 Å². The van der Waals surface area contributed by atoms with Gasteiger partial charge in [0.05, 0.1) is 16.0 Å². The second kappa shape index (κ2) is 7.33. The molecule has 19 heavy (non-hydrogen) atoms. The first-order valence-electron chi connectivity index (χ1n) is 5.45. The molecule has 0 aliphatic rings. The van der Waals surface area contributed by atoms with Gasteiger partial charge in [-0.2, -0.15) is 0 Å². The third kappa shape index (κ3) is 5.18. The predicted octanol–water partition coefficient (Wildman–Crippen LogP) is 3.90. The summed E-state index contributed by atoms with van der Waals surface area (Å²) < 4.78 is 0.657. The average Bonchev–Trinajstić information content (AvgIpc) is 2.32. The Labute approximate surface area is 132 Å². The van der Waals surface area contributed by atoms with E-state index in [0.717, 1.165) is 0 Å². The highest BCUT2D eigenvalue weighted by molar-refractivity contribution is 8.23. The molecular weight excluding hydrogens is 323 g/mol. The van der Waals surface area contributed by atoms with Gasteiger partial charge in [-0.3, -0.25) is 4.79 Å². The van der Waals surface area contributed by atoms with Crippen LogP contribution in [0.25, 0.3) is 0 Å². The number of amides is 1. The number of benzene rings is 1. The maximum Gasteiger partial charge on any atom is 0.237 e. The van der Waals surface area contributed by atoms with Gasteiger partial charge in [0.25, 0.3) is 0 Å². The van der Waals surface area contributed by atoms with Gasteiger partial charge in [0.2, 0.25) is 5.91 Å². The number of anilines is 1. The lowest BCUT2D eigenvalue weighted by Crippen LogP contribution is -2.27. The van der Waals surface area contributed by atoms with Crippen LogP contribution >= 0.6 is 47.2 Å². The lowest BCUT2D eigenvalue weighted by Gasteiger charge is -2.17. The van der Waals surface area contributed by atoms with Crippen molar-refractivity contribution in [1.82, 2.24) is 4.90 Å². The predicted molar refractivity (Wildman–Crippen MR) is 88.4 cm³/mol. The third-order valence-corrected chi connectivity index (χ3v) is 4.54. The van der Waals surface area contributed by atoms with Gasteiger partial charge >= 0.3 is 0 Å². The van der Waals surface area contributed by atoms with Crippen molar-refractivity contribution in [3.8, 4) is 0 Å². The van der Waals surface area contributed by atoms with Crippen molar-refractivity contribution in [1.29, 1.82) is 0 Å². The van der Waals surface area contributed by atoms with Crippen LogP contribution in [-0.2, 0) is 4.79 Å². The quantitative estimate of drug-likeness (QED) is 0.848. The molecule has 0 saturated heterocycles. The Morgan fingerprint density at radius 2 is 2.05 bits per heavy atom. The minimum Gasteiger partial charge on any atom is -0.364 e. The van der Waals surface area contributed by atoms with E-state index < -0.39 is 0 Å². The number of thiocarbonyl (C=S) groups is 1. The molecule has 0 unspecified atom stereocenters. The molecule has 7 heteroatoms. The summed E-state index contributed by atoms with van der Waals surface area (Å²) in [6.07, 6.45) is 0. The molecule has 1 N–H and O–H groups in total. The fourth-order valence-corrected chi connectivity index (χ4v) is 2.70. The highest BCUT2D eigenvalue weighted by atomic mass is 35.5. The number of halogens is 2. The fraction of sp³-hybridized carbons (Fsp3) is 0.333. The van der Waals surface area contributed by atoms with E-state index >= 15 is 0 Å². The van der Waals surface area contributed by atoms with Gasteiger partial charge in [0.1, 0.15) is 4.32 Å². The van der Waals surface area contributed by atoms with E-state index in [2.05, 4.69) is 5.32 Å². The van der Waals surface area contributed by atoms with E-state index in [1.54, 1.807) is 30.0 Å². The molecule has 0 aliphatic heterocycles. The monoisotopic (exact) mass is 336 g/mol. The van der Waals surface area contributed by atoms with E-state index in [0.29, 0.717) is 20.1 Å². The lowest BCUT2D eigenvalue weighted by molar-refractivity contribution is -0.115. The molecule has 0 bridgehead atoms. The maximum absolute atomic E-state index is 12.0. The van der Waals surface area contributed by atoms with Crippen LogP contribution in [0.3, 0.4) is 0 Å². The molecule has 3 nitrogen and oxygen atoms in total. The molecule has 104 valence electrons. The highest BCUT2D eigenvalue weighted by Crippen LogP contribution is 2.26. The zero-order valence-electron chi connectivity index (χ0n) is 10.7. The molecule has 1 rings (SSSR count). The number of nitrogens with one attached hydrogen (secondary N) is 1. The Morgan fingerprint density at radius 1 is 1.42 bits per heavy atom. The molecule has 0 heterocycles. The fourth-order valence-electron chi connectivity index (χ4n) is 1.14. The van der Waals surface area contributed by atoms with Gasteiger partial charge in [0.15, 0.2) is 0 Å². The van der Waals surface area contributed by atoms with Crippen molar-refractivity contribution >= 4 is 63.1 Å². The molecule has 0 fully saturated rings. The Bertz CT molecular complexity index is 495. The zero-order valence-corrected chi connectivity index (χ0v) is 13.9. The number of hydrogen-bond acceptors (Lipinski definition) is 3. The smallest absolute Gasteiger partial charge is 0.237 e. The molecule has 1 atom stereocenters. The van der Waals surface area contributed by atoms with E-state index in [-0.39, 0.29) is 11.2 Å². The average molecular weight is 337 g/mol. The van der Waals surface area contributed by atoms with Crippen LogP contribution in [-0.4, -0.2) is 34.5 Å². The standard InChI is InChI=1S/C12H14Cl2N2OS2/c1-7(19-12(18)16(2)3)11(17)15-10-5-4-8(13)6-9(10)14/h4-7H,1-3H3,(H,15,17)/t7-/m1/s1. The summed E-state index contributed by atoms with van der Waals surface area (Å²) in [5.74, 6) is -0.154. The summed E-state index contributed by atoms with van der Waals surface area (Å²) in [4.78, 5) is 13.8. The van der Waals surface area contributed by atoms with Crippen LogP contribution in [0.5, 0.6) is 0 Å². The summed E-state index contributed by atoms with van der Waals surface area (Å²) in [7, 11) is 3.69. The van der Waals surface area contributed by atoms with Crippen LogP contribution in [0.15, 0.2) is 18.2 Å². The van der Waals surface area contributed by atoms with Crippen molar-refractivity contribution in [2.75, 3.05) is 19.4 Å². The van der Waals surface area contributed by atoms with Gasteiger partial charge in [-0.05, 0) is 25.1 Å². The summed E-state index contributed by atoms with van der Waals surface area (Å²) in [5.41, 5.74) is 0.541. The Hall–Kier alpha value is -0.490. The van der Waals surface area contributed by atoms with E-state index in [1.165, 1.54) is 11.8 Å². The van der Waals surface area contributed by atoms with Crippen LogP contribution < -0.4 is 5.32 Å². The van der Waals surface area contributed by atoms with Gasteiger partial charge in [-0.25, -0.2) is 0 Å². The zero-order chi connectivity index (χ0) is 14.6. The minimum absolute atomic E-state index is 0.154. The Kier molecular flexibility index (Phi) is 6.39. The summed E-state index contributed by atoms with van der Waals surface area (Å²) >= 11 is 18.3. The van der Waals surface area contributed by atoms with Crippen molar-refractivity contribution in [2.24, 2.45) is 0 Å². The molecule has 0 saturated carbocycles. The lowest BCUT2D eigenvalue weighted by atomic mass is 10.3. The number of rotatable bonds is 3. The molecule has 1 aromatic carbocycles. The first-order valence-corrected chi connectivity index (χ1v) is 7.49. The van der Waals surface area contributed by atoms with Gasteiger partial charge in [0, 0.05) is 19.1 Å². The normalized spacial score (nSPS) is 11.8. The number of thioether (sulfide) groups is 1. The first-order chi connectivity index (χ1) is 8.81. The van der Waals surface area contributed by atoms with Crippen LogP contribution in [0.1, 0.15) is 6.92 Å². The van der Waals surface area contributed by atoms with E-state index in [4.69, 9.17) is 35.4 Å². The Balaban J connectivity index is 2.66. The number of nitrogens with zero attached hydrogens (tertiary/aromatic N) is 1. The van der Waals surface area contributed by atoms with Crippen molar-refractivity contribution in [3.05, 3.63) is 28.2 Å². The number of hydrogen-bond donors (Lipinski definition) is 1. The van der Waals surface area contributed by atoms with Gasteiger partial charge in [-0.1, -0.05) is 47.2 Å². The van der Waals surface area contributed by atoms with Crippen molar-refractivity contribution < 1.29 is 4.79 Å². The number of carbonyl (C=O) groups is 1. The molecule has 1 aromatic rings. The summed E-state index contributed by atoms with van der Waals surface area (Å²) in [6.45, 7) is 1.79. The van der Waals surface area contributed by atoms with Crippen molar-refractivity contribution in [2.45, 2.75) is 12.2 Å². The first kappa shape index (κ1) is 16.6. The largest absolute Gasteiger partial charge is 0.364 e. The molecule has 0 aliphatic carbocycles. The second-order valence-corrected chi connectivity index (χ2v) is 6.85. The van der Waals surface area contributed by atoms with E-state index in [1.807, 2.05) is 14.1 Å². The Morgan fingerprint density at radius 3 is 2.58 bits per heavy atom. The van der Waals surface area contributed by atoms with Crippen LogP contribution in [0.4, 0.5) is 5.69 Å². The number of carbonyl (C=O) groups excluding carboxylic acids is 1. The SMILES string of the molecule is C[C@@H](SC(=S)N(C)C)C(=O)Nc1ccc(Cl)cc1Cl. The van der Waals surface area contributed by atoms with E-state index in [9.17, 15) is 4.79 Å².